The molecule has 0 spiro atoms. The molecular weight excluding hydrogens is 523 g/mol. The highest BCUT2D eigenvalue weighted by molar-refractivity contribution is 5.35. The van der Waals surface area contributed by atoms with E-state index in [-0.39, 0.29) is 23.6 Å². The van der Waals surface area contributed by atoms with Gasteiger partial charge in [-0.1, -0.05) is 12.1 Å². The molecular formula is C28H27F9O. The highest BCUT2D eigenvalue weighted by Gasteiger charge is 2.42. The van der Waals surface area contributed by atoms with E-state index in [1.54, 1.807) is 0 Å². The monoisotopic (exact) mass is 550 g/mol. The second-order valence-corrected chi connectivity index (χ2v) is 10.2. The lowest BCUT2D eigenvalue weighted by molar-refractivity contribution is -0.188. The molecule has 2 aromatic rings. The van der Waals surface area contributed by atoms with Crippen molar-refractivity contribution in [3.63, 3.8) is 0 Å². The maximum Gasteiger partial charge on any atom is 0.429 e. The minimum atomic E-state index is -5.41. The van der Waals surface area contributed by atoms with Crippen molar-refractivity contribution in [2.75, 3.05) is 0 Å². The van der Waals surface area contributed by atoms with Gasteiger partial charge in [-0.15, -0.1) is 6.58 Å². The third kappa shape index (κ3) is 5.83. The molecule has 2 fully saturated rings. The fourth-order valence-corrected chi connectivity index (χ4v) is 5.94. The molecule has 38 heavy (non-hydrogen) atoms. The van der Waals surface area contributed by atoms with Crippen molar-refractivity contribution in [3.8, 4) is 5.75 Å². The molecule has 0 aliphatic heterocycles. The molecule has 10 heteroatoms. The van der Waals surface area contributed by atoms with Gasteiger partial charge in [0.15, 0.2) is 11.6 Å². The lowest BCUT2D eigenvalue weighted by Gasteiger charge is -2.37. The van der Waals surface area contributed by atoms with Crippen LogP contribution in [0, 0.1) is 41.0 Å². The molecule has 1 nitrogen and oxygen atoms in total. The van der Waals surface area contributed by atoms with Crippen LogP contribution in [-0.2, 0) is 12.3 Å². The summed E-state index contributed by atoms with van der Waals surface area (Å²) in [5.74, 6) is -7.80. The fourth-order valence-electron chi connectivity index (χ4n) is 5.94. The summed E-state index contributed by atoms with van der Waals surface area (Å²) in [6, 6.07) is 1.49. The highest BCUT2D eigenvalue weighted by Crippen LogP contribution is 2.46. The first-order chi connectivity index (χ1) is 17.8. The van der Waals surface area contributed by atoms with Gasteiger partial charge in [0, 0.05) is 12.1 Å². The van der Waals surface area contributed by atoms with Crippen molar-refractivity contribution in [1.82, 2.24) is 0 Å². The number of alkyl halides is 5. The van der Waals surface area contributed by atoms with E-state index in [9.17, 15) is 39.5 Å². The van der Waals surface area contributed by atoms with Crippen molar-refractivity contribution < 1.29 is 44.3 Å². The molecule has 0 bridgehead atoms. The van der Waals surface area contributed by atoms with E-state index in [1.165, 1.54) is 0 Å². The highest BCUT2D eigenvalue weighted by atomic mass is 19.4. The summed E-state index contributed by atoms with van der Waals surface area (Å²) < 4.78 is 129. The predicted octanol–water partition coefficient (Wildman–Crippen LogP) is 9.66. The fraction of sp³-hybridized carbons (Fsp3) is 0.500. The topological polar surface area (TPSA) is 9.23 Å². The average Bonchev–Trinajstić information content (AvgIpc) is 2.84. The Kier molecular flexibility index (Phi) is 8.09. The molecule has 0 radical (unpaired) electrons. The van der Waals surface area contributed by atoms with E-state index in [0.29, 0.717) is 36.7 Å². The molecule has 0 N–H and O–H groups in total. The van der Waals surface area contributed by atoms with Crippen molar-refractivity contribution in [1.29, 1.82) is 0 Å². The zero-order valence-electron chi connectivity index (χ0n) is 20.4. The van der Waals surface area contributed by atoms with Gasteiger partial charge in [-0.25, -0.2) is 17.6 Å². The molecule has 0 aromatic heterocycles. The maximum atomic E-state index is 14.9. The van der Waals surface area contributed by atoms with Crippen LogP contribution >= 0.6 is 0 Å². The quantitative estimate of drug-likeness (QED) is 0.257. The minimum Gasteiger partial charge on any atom is -0.429 e. The van der Waals surface area contributed by atoms with Crippen molar-refractivity contribution >= 4 is 0 Å². The van der Waals surface area contributed by atoms with Gasteiger partial charge in [-0.05, 0) is 86.7 Å². The van der Waals surface area contributed by atoms with Gasteiger partial charge >= 0.3 is 12.3 Å². The van der Waals surface area contributed by atoms with Crippen molar-refractivity contribution in [2.45, 2.75) is 69.6 Å². The Bertz CT molecular complexity index is 1130. The van der Waals surface area contributed by atoms with Gasteiger partial charge in [-0.3, -0.25) is 0 Å². The van der Waals surface area contributed by atoms with E-state index in [2.05, 4.69) is 11.3 Å². The Labute approximate surface area is 214 Å². The molecule has 2 aliphatic rings. The number of benzene rings is 2. The lowest BCUT2D eigenvalue weighted by atomic mass is 9.68. The van der Waals surface area contributed by atoms with Crippen LogP contribution in [0.1, 0.15) is 74.0 Å². The number of allylic oxidation sites excluding steroid dienone is 1. The summed E-state index contributed by atoms with van der Waals surface area (Å²) in [7, 11) is 0. The standard InChI is InChI=1S/C28H27F9O/c1-2-15-3-5-16(6-4-15)17-7-9-18(10-8-17)20-11-12-21(26(32)25(20)31)28(36,37)38-19-13-22(29)24(23(30)14-19)27(33,34)35/h2,11-18H,1,3-10H2. The summed E-state index contributed by atoms with van der Waals surface area (Å²) in [6.45, 7) is 3.85. The van der Waals surface area contributed by atoms with Crippen LogP contribution in [0.3, 0.4) is 0 Å². The molecule has 2 aromatic carbocycles. The number of rotatable bonds is 6. The van der Waals surface area contributed by atoms with E-state index in [1.807, 2.05) is 6.08 Å². The summed E-state index contributed by atoms with van der Waals surface area (Å²) in [4.78, 5) is 0. The Morgan fingerprint density at radius 3 is 1.76 bits per heavy atom. The SMILES string of the molecule is C=CC1CCC(C2CCC(c3ccc(C(F)(F)Oc4cc(F)c(C(F)(F)F)c(F)c4)c(F)c3F)CC2)CC1. The van der Waals surface area contributed by atoms with Crippen molar-refractivity contribution in [3.05, 3.63) is 76.9 Å². The smallest absolute Gasteiger partial charge is 0.429 e. The Balaban J connectivity index is 1.46. The molecule has 0 amide bonds. The van der Waals surface area contributed by atoms with E-state index in [0.717, 1.165) is 44.6 Å². The van der Waals surface area contributed by atoms with Crippen molar-refractivity contribution in [2.24, 2.45) is 17.8 Å². The summed E-state index contributed by atoms with van der Waals surface area (Å²) in [6.07, 6.45) is -0.844. The first-order valence-corrected chi connectivity index (χ1v) is 12.6. The molecule has 0 atom stereocenters. The summed E-state index contributed by atoms with van der Waals surface area (Å²) >= 11 is 0. The van der Waals surface area contributed by atoms with Gasteiger partial charge in [0.1, 0.15) is 28.5 Å². The van der Waals surface area contributed by atoms with E-state index in [4.69, 9.17) is 0 Å². The molecule has 0 saturated heterocycles. The maximum absolute atomic E-state index is 14.9. The number of ether oxygens (including phenoxy) is 1. The predicted molar refractivity (Wildman–Crippen MR) is 123 cm³/mol. The van der Waals surface area contributed by atoms with Gasteiger partial charge in [0.2, 0.25) is 0 Å². The van der Waals surface area contributed by atoms with E-state index < -0.39 is 52.4 Å². The van der Waals surface area contributed by atoms with Crippen LogP contribution in [0.15, 0.2) is 36.9 Å². The third-order valence-corrected chi connectivity index (χ3v) is 8.00. The molecule has 0 unspecified atom stereocenters. The Morgan fingerprint density at radius 2 is 1.26 bits per heavy atom. The Morgan fingerprint density at radius 1 is 0.737 bits per heavy atom. The van der Waals surface area contributed by atoms with Crippen LogP contribution < -0.4 is 4.74 Å². The van der Waals surface area contributed by atoms with Gasteiger partial charge < -0.3 is 4.74 Å². The second-order valence-electron chi connectivity index (χ2n) is 10.2. The number of halogens is 9. The minimum absolute atomic E-state index is 0.0394. The Hall–Kier alpha value is -2.65. The normalized spacial score (nSPS) is 24.8. The first kappa shape index (κ1) is 28.4. The van der Waals surface area contributed by atoms with Crippen LogP contribution in [-0.4, -0.2) is 0 Å². The largest absolute Gasteiger partial charge is 0.429 e. The van der Waals surface area contributed by atoms with Gasteiger partial charge in [0.05, 0.1) is 0 Å². The van der Waals surface area contributed by atoms with Crippen LogP contribution in [0.5, 0.6) is 5.75 Å². The number of hydrogen-bond donors (Lipinski definition) is 0. The van der Waals surface area contributed by atoms with Gasteiger partial charge in [0.25, 0.3) is 0 Å². The summed E-state index contributed by atoms with van der Waals surface area (Å²) in [5.41, 5.74) is -3.86. The number of hydrogen-bond acceptors (Lipinski definition) is 1. The molecule has 208 valence electrons. The molecule has 0 heterocycles. The summed E-state index contributed by atoms with van der Waals surface area (Å²) in [5, 5.41) is 0. The van der Waals surface area contributed by atoms with Crippen LogP contribution in [0.2, 0.25) is 0 Å². The molecule has 2 aliphatic carbocycles. The van der Waals surface area contributed by atoms with Crippen LogP contribution in [0.25, 0.3) is 0 Å². The zero-order chi connectivity index (χ0) is 27.8. The van der Waals surface area contributed by atoms with Gasteiger partial charge in [-0.2, -0.15) is 22.0 Å². The average molecular weight is 551 g/mol. The second kappa shape index (κ2) is 10.8. The van der Waals surface area contributed by atoms with Crippen LogP contribution in [0.4, 0.5) is 39.5 Å². The zero-order valence-corrected chi connectivity index (χ0v) is 20.4. The lowest BCUT2D eigenvalue weighted by Crippen LogP contribution is -2.26. The first-order valence-electron chi connectivity index (χ1n) is 12.6. The third-order valence-electron chi connectivity index (χ3n) is 8.00. The molecule has 2 saturated carbocycles. The van der Waals surface area contributed by atoms with E-state index >= 15 is 0 Å². The molecule has 4 rings (SSSR count).